The molecule has 33 heavy (non-hydrogen) atoms. The summed E-state index contributed by atoms with van der Waals surface area (Å²) in [4.78, 5) is 2.30. The van der Waals surface area contributed by atoms with Gasteiger partial charge in [-0.25, -0.2) is 0 Å². The number of aromatic hydroxyl groups is 2. The van der Waals surface area contributed by atoms with Crippen molar-refractivity contribution in [3.63, 3.8) is 0 Å². The summed E-state index contributed by atoms with van der Waals surface area (Å²) in [6.45, 7) is 6.57. The maximum absolute atomic E-state index is 10.7. The van der Waals surface area contributed by atoms with Gasteiger partial charge in [-0.2, -0.15) is 0 Å². The van der Waals surface area contributed by atoms with E-state index in [1.165, 1.54) is 6.07 Å². The topological polar surface area (TPSA) is 112 Å². The fourth-order valence-electron chi connectivity index (χ4n) is 4.05. The molecule has 1 fully saturated rings. The van der Waals surface area contributed by atoms with E-state index in [0.29, 0.717) is 30.8 Å². The Bertz CT molecular complexity index is 883. The average molecular weight is 462 g/mol. The molecule has 1 atom stereocenters. The zero-order chi connectivity index (χ0) is 23.6. The van der Waals surface area contributed by atoms with E-state index in [1.807, 2.05) is 31.2 Å². The summed E-state index contributed by atoms with van der Waals surface area (Å²) in [5.74, 6) is 0.738. The maximum atomic E-state index is 10.7. The summed E-state index contributed by atoms with van der Waals surface area (Å²) in [6, 6.07) is 8.94. The van der Waals surface area contributed by atoms with Crippen LogP contribution < -0.4 is 4.74 Å². The summed E-state index contributed by atoms with van der Waals surface area (Å²) in [7, 11) is 0. The van der Waals surface area contributed by atoms with Crippen LogP contribution in [0.15, 0.2) is 30.3 Å². The van der Waals surface area contributed by atoms with E-state index in [9.17, 15) is 15.3 Å². The minimum Gasteiger partial charge on any atom is -0.508 e. The molecular formula is C25H35NO7. The lowest BCUT2D eigenvalue weighted by Crippen LogP contribution is -2.38. The average Bonchev–Trinajstić information content (AvgIpc) is 2.82. The molecule has 0 saturated carbocycles. The molecule has 4 N–H and O–H groups in total. The van der Waals surface area contributed by atoms with Crippen LogP contribution in [0.3, 0.4) is 0 Å². The van der Waals surface area contributed by atoms with E-state index in [-0.39, 0.29) is 31.3 Å². The van der Waals surface area contributed by atoms with Gasteiger partial charge in [-0.1, -0.05) is 19.1 Å². The van der Waals surface area contributed by atoms with Gasteiger partial charge in [0.25, 0.3) is 0 Å². The fraction of sp³-hybridized carbons (Fsp3) is 0.520. The van der Waals surface area contributed by atoms with E-state index in [2.05, 4.69) is 4.90 Å². The number of hydrogen-bond acceptors (Lipinski definition) is 8. The fourth-order valence-corrected chi connectivity index (χ4v) is 4.05. The first kappa shape index (κ1) is 25.3. The van der Waals surface area contributed by atoms with Crippen LogP contribution in [0.5, 0.6) is 17.2 Å². The molecule has 1 aliphatic rings. The largest absolute Gasteiger partial charge is 0.508 e. The van der Waals surface area contributed by atoms with Crippen molar-refractivity contribution >= 4 is 0 Å². The molecule has 0 spiro atoms. The molecular weight excluding hydrogens is 426 g/mol. The van der Waals surface area contributed by atoms with Crippen LogP contribution >= 0.6 is 0 Å². The van der Waals surface area contributed by atoms with E-state index in [0.717, 1.165) is 49.5 Å². The number of hydrogen-bond donors (Lipinski definition) is 4. The Kier molecular flexibility index (Phi) is 9.77. The third-order valence-corrected chi connectivity index (χ3v) is 5.78. The number of ether oxygens (including phenoxy) is 3. The van der Waals surface area contributed by atoms with E-state index >= 15 is 0 Å². The molecule has 182 valence electrons. The highest BCUT2D eigenvalue weighted by molar-refractivity contribution is 5.77. The van der Waals surface area contributed by atoms with Gasteiger partial charge >= 0.3 is 0 Å². The van der Waals surface area contributed by atoms with Gasteiger partial charge in [0.2, 0.25) is 0 Å². The molecule has 0 radical (unpaired) electrons. The lowest BCUT2D eigenvalue weighted by atomic mass is 9.90. The number of nitrogens with zero attached hydrogens (tertiary/aromatic N) is 1. The summed E-state index contributed by atoms with van der Waals surface area (Å²) in [5, 5.41) is 39.6. The third kappa shape index (κ3) is 7.06. The number of aliphatic hydroxyl groups excluding tert-OH is 2. The first-order chi connectivity index (χ1) is 16.0. The smallest absolute Gasteiger partial charge is 0.127 e. The Labute approximate surface area is 195 Å². The van der Waals surface area contributed by atoms with Crippen molar-refractivity contribution in [1.82, 2.24) is 4.90 Å². The molecule has 2 aromatic carbocycles. The minimum atomic E-state index is -0.931. The molecule has 3 rings (SSSR count). The Morgan fingerprint density at radius 2 is 1.85 bits per heavy atom. The van der Waals surface area contributed by atoms with Crippen molar-refractivity contribution < 1.29 is 34.6 Å². The summed E-state index contributed by atoms with van der Waals surface area (Å²) in [6.07, 6.45) is 0.0865. The van der Waals surface area contributed by atoms with Gasteiger partial charge in [-0.05, 0) is 41.7 Å². The zero-order valence-electron chi connectivity index (χ0n) is 19.2. The lowest BCUT2D eigenvalue weighted by Gasteiger charge is -2.26. The quantitative estimate of drug-likeness (QED) is 0.355. The van der Waals surface area contributed by atoms with Crippen molar-refractivity contribution in [3.05, 3.63) is 41.5 Å². The van der Waals surface area contributed by atoms with Crippen LogP contribution in [0.4, 0.5) is 0 Å². The maximum Gasteiger partial charge on any atom is 0.127 e. The number of phenols is 2. The van der Waals surface area contributed by atoms with Crippen molar-refractivity contribution in [1.29, 1.82) is 0 Å². The van der Waals surface area contributed by atoms with Gasteiger partial charge in [0.15, 0.2) is 0 Å². The molecule has 1 heterocycles. The molecule has 1 unspecified atom stereocenters. The number of rotatable bonds is 12. The Morgan fingerprint density at radius 1 is 1.06 bits per heavy atom. The number of benzene rings is 2. The van der Waals surface area contributed by atoms with E-state index < -0.39 is 6.10 Å². The molecule has 8 heteroatoms. The van der Waals surface area contributed by atoms with Crippen LogP contribution in [0.1, 0.15) is 18.1 Å². The Morgan fingerprint density at radius 3 is 2.58 bits per heavy atom. The highest BCUT2D eigenvalue weighted by Crippen LogP contribution is 2.41. The second-order valence-corrected chi connectivity index (χ2v) is 8.09. The first-order valence-electron chi connectivity index (χ1n) is 11.5. The number of phenolic OH excluding ortho intramolecular Hbond substituents is 2. The molecule has 2 aromatic rings. The van der Waals surface area contributed by atoms with Gasteiger partial charge in [0, 0.05) is 31.3 Å². The monoisotopic (exact) mass is 461 g/mol. The van der Waals surface area contributed by atoms with Crippen molar-refractivity contribution in [3.8, 4) is 28.4 Å². The van der Waals surface area contributed by atoms with Gasteiger partial charge in [-0.3, -0.25) is 4.90 Å². The van der Waals surface area contributed by atoms with Crippen LogP contribution in [0.25, 0.3) is 11.1 Å². The van der Waals surface area contributed by atoms with Gasteiger partial charge < -0.3 is 34.6 Å². The normalized spacial score (nSPS) is 15.5. The van der Waals surface area contributed by atoms with Crippen LogP contribution in [0.2, 0.25) is 0 Å². The molecule has 0 amide bonds. The highest BCUT2D eigenvalue weighted by atomic mass is 16.5. The van der Waals surface area contributed by atoms with Crippen molar-refractivity contribution in [2.75, 3.05) is 59.3 Å². The second-order valence-electron chi connectivity index (χ2n) is 8.09. The van der Waals surface area contributed by atoms with Crippen molar-refractivity contribution in [2.24, 2.45) is 0 Å². The van der Waals surface area contributed by atoms with Crippen molar-refractivity contribution in [2.45, 2.75) is 25.9 Å². The predicted molar refractivity (Wildman–Crippen MR) is 125 cm³/mol. The highest BCUT2D eigenvalue weighted by Gasteiger charge is 2.19. The molecule has 1 aliphatic heterocycles. The molecule has 1 saturated heterocycles. The zero-order valence-corrected chi connectivity index (χ0v) is 19.2. The molecule has 0 aliphatic carbocycles. The van der Waals surface area contributed by atoms with Crippen LogP contribution in [-0.4, -0.2) is 90.7 Å². The summed E-state index contributed by atoms with van der Waals surface area (Å²) < 4.78 is 16.8. The third-order valence-electron chi connectivity index (χ3n) is 5.78. The second kappa shape index (κ2) is 12.8. The Balaban J connectivity index is 1.76. The number of aliphatic hydroxyl groups is 2. The van der Waals surface area contributed by atoms with Gasteiger partial charge in [0.1, 0.15) is 30.0 Å². The van der Waals surface area contributed by atoms with Crippen LogP contribution in [0, 0.1) is 0 Å². The first-order valence-corrected chi connectivity index (χ1v) is 11.5. The minimum absolute atomic E-state index is 0.0134. The summed E-state index contributed by atoms with van der Waals surface area (Å²) >= 11 is 0. The van der Waals surface area contributed by atoms with E-state index in [1.54, 1.807) is 0 Å². The summed E-state index contributed by atoms with van der Waals surface area (Å²) in [5.41, 5.74) is 2.96. The SMILES string of the molecule is CCc1c(O)cc(O)c(-c2cccc(OCCN3CCOCC3)c2)c1CCOCC(O)CO. The van der Waals surface area contributed by atoms with E-state index in [4.69, 9.17) is 19.3 Å². The molecule has 0 aromatic heterocycles. The van der Waals surface area contributed by atoms with Gasteiger partial charge in [-0.15, -0.1) is 0 Å². The van der Waals surface area contributed by atoms with Gasteiger partial charge in [0.05, 0.1) is 33.0 Å². The standard InChI is InChI=1S/C25H35NO7/c1-2-21-22(6-10-32-17-19(28)16-27)25(24(30)15-23(21)29)18-4-3-5-20(14-18)33-13-9-26-7-11-31-12-8-26/h3-5,14-15,19,27-30H,2,6-13,16-17H2,1H3. The predicted octanol–water partition coefficient (Wildman–Crippen LogP) is 1.95. The molecule has 8 nitrogen and oxygen atoms in total. The number of morpholine rings is 1. The lowest BCUT2D eigenvalue weighted by molar-refractivity contribution is 0.00720. The Hall–Kier alpha value is -2.36. The molecule has 0 bridgehead atoms. The van der Waals surface area contributed by atoms with Crippen LogP contribution in [-0.2, 0) is 22.3 Å².